The van der Waals surface area contributed by atoms with Gasteiger partial charge in [0.1, 0.15) is 6.10 Å². The first-order valence-electron chi connectivity index (χ1n) is 8.95. The molecule has 1 saturated heterocycles. The molecule has 0 saturated carbocycles. The zero-order valence-corrected chi connectivity index (χ0v) is 16.4. The van der Waals surface area contributed by atoms with Crippen LogP contribution >= 0.6 is 12.4 Å². The van der Waals surface area contributed by atoms with E-state index in [0.29, 0.717) is 30.0 Å². The summed E-state index contributed by atoms with van der Waals surface area (Å²) >= 11 is 0. The Morgan fingerprint density at radius 1 is 1.04 bits per heavy atom. The summed E-state index contributed by atoms with van der Waals surface area (Å²) in [5.74, 6) is -0.195. The van der Waals surface area contributed by atoms with Gasteiger partial charge >= 0.3 is 6.03 Å². The van der Waals surface area contributed by atoms with Crippen LogP contribution in [-0.4, -0.2) is 30.7 Å². The van der Waals surface area contributed by atoms with Gasteiger partial charge in [0.05, 0.1) is 6.10 Å². The molecule has 0 aromatic heterocycles. The average molecular weight is 405 g/mol. The lowest BCUT2D eigenvalue weighted by atomic mass is 10.1. The van der Waals surface area contributed by atoms with Crippen molar-refractivity contribution < 1.29 is 14.3 Å². The Morgan fingerprint density at radius 2 is 1.75 bits per heavy atom. The molecule has 0 radical (unpaired) electrons. The standard InChI is InChI=1S/C20H24N4O3.ClH/c1-13-7-8-15(23-20(26)22-14-5-3-2-4-6-14)11-17(13)24-19(25)18-10-9-16(12-21)27-18;/h2-8,11,16,18H,9-10,12,21H2,1H3,(H,24,25)(H2,22,23,26);1H/t16-,18+;/m1./s1. The Labute approximate surface area is 170 Å². The number of anilines is 3. The van der Waals surface area contributed by atoms with Crippen LogP contribution in [-0.2, 0) is 9.53 Å². The molecule has 2 atom stereocenters. The van der Waals surface area contributed by atoms with Gasteiger partial charge in [-0.2, -0.15) is 0 Å². The van der Waals surface area contributed by atoms with Gasteiger partial charge in [-0.3, -0.25) is 4.79 Å². The van der Waals surface area contributed by atoms with E-state index in [0.717, 1.165) is 12.0 Å². The lowest BCUT2D eigenvalue weighted by Crippen LogP contribution is -2.30. The second-order valence-electron chi connectivity index (χ2n) is 6.52. The quantitative estimate of drug-likeness (QED) is 0.611. The molecule has 0 unspecified atom stereocenters. The molecule has 0 aliphatic carbocycles. The molecule has 3 rings (SSSR count). The van der Waals surface area contributed by atoms with E-state index < -0.39 is 6.10 Å². The molecule has 3 amide bonds. The van der Waals surface area contributed by atoms with Crippen molar-refractivity contribution in [1.29, 1.82) is 0 Å². The monoisotopic (exact) mass is 404 g/mol. The van der Waals surface area contributed by atoms with Gasteiger partial charge in [-0.25, -0.2) is 4.79 Å². The number of nitrogens with two attached hydrogens (primary N) is 1. The number of amides is 3. The third-order valence-electron chi connectivity index (χ3n) is 4.45. The third kappa shape index (κ3) is 5.69. The molecule has 8 heteroatoms. The van der Waals surface area contributed by atoms with Crippen molar-refractivity contribution >= 4 is 41.4 Å². The summed E-state index contributed by atoms with van der Waals surface area (Å²) < 4.78 is 5.63. The number of benzene rings is 2. The SMILES string of the molecule is Cc1ccc(NC(=O)Nc2ccccc2)cc1NC(=O)[C@@H]1CC[C@H](CN)O1.Cl. The average Bonchev–Trinajstić information content (AvgIpc) is 3.14. The number of hydrogen-bond acceptors (Lipinski definition) is 4. The second kappa shape index (κ2) is 10.1. The van der Waals surface area contributed by atoms with Crippen LogP contribution in [0.5, 0.6) is 0 Å². The Balaban J connectivity index is 0.00000280. The molecule has 28 heavy (non-hydrogen) atoms. The zero-order chi connectivity index (χ0) is 19.2. The minimum absolute atomic E-state index is 0. The van der Waals surface area contributed by atoms with Crippen molar-refractivity contribution in [3.8, 4) is 0 Å². The van der Waals surface area contributed by atoms with Crippen LogP contribution in [0.4, 0.5) is 21.9 Å². The predicted octanol–water partition coefficient (Wildman–Crippen LogP) is 3.51. The number of carbonyl (C=O) groups excluding carboxylic acids is 2. The van der Waals surface area contributed by atoms with Gasteiger partial charge in [0.25, 0.3) is 5.91 Å². The van der Waals surface area contributed by atoms with Crippen LogP contribution < -0.4 is 21.7 Å². The summed E-state index contributed by atoms with van der Waals surface area (Å²) in [4.78, 5) is 24.6. The van der Waals surface area contributed by atoms with E-state index in [-0.39, 0.29) is 30.4 Å². The fourth-order valence-electron chi connectivity index (χ4n) is 2.93. The second-order valence-corrected chi connectivity index (χ2v) is 6.52. The molecule has 1 aliphatic heterocycles. The van der Waals surface area contributed by atoms with E-state index in [4.69, 9.17) is 10.5 Å². The summed E-state index contributed by atoms with van der Waals surface area (Å²) in [6.07, 6.45) is 0.895. The molecule has 1 aliphatic rings. The number of aryl methyl sites for hydroxylation is 1. The Hall–Kier alpha value is -2.61. The summed E-state index contributed by atoms with van der Waals surface area (Å²) in [6, 6.07) is 14.2. The highest BCUT2D eigenvalue weighted by molar-refractivity contribution is 6.01. The number of para-hydroxylation sites is 1. The third-order valence-corrected chi connectivity index (χ3v) is 4.45. The highest BCUT2D eigenvalue weighted by Gasteiger charge is 2.30. The fraction of sp³-hybridized carbons (Fsp3) is 0.300. The van der Waals surface area contributed by atoms with Gasteiger partial charge in [0.2, 0.25) is 0 Å². The van der Waals surface area contributed by atoms with E-state index in [1.807, 2.05) is 31.2 Å². The predicted molar refractivity (Wildman–Crippen MR) is 113 cm³/mol. The lowest BCUT2D eigenvalue weighted by Gasteiger charge is -2.15. The van der Waals surface area contributed by atoms with Crippen molar-refractivity contribution in [1.82, 2.24) is 0 Å². The van der Waals surface area contributed by atoms with Gasteiger partial charge in [-0.05, 0) is 49.6 Å². The first kappa shape index (κ1) is 21.7. The van der Waals surface area contributed by atoms with Gasteiger partial charge in [0, 0.05) is 23.6 Å². The molecule has 1 fully saturated rings. The van der Waals surface area contributed by atoms with E-state index in [1.54, 1.807) is 24.3 Å². The van der Waals surface area contributed by atoms with Gasteiger partial charge in [-0.15, -0.1) is 12.4 Å². The molecule has 2 aromatic rings. The van der Waals surface area contributed by atoms with Crippen molar-refractivity contribution in [3.05, 3.63) is 54.1 Å². The molecule has 150 valence electrons. The maximum Gasteiger partial charge on any atom is 0.323 e. The number of rotatable bonds is 5. The van der Waals surface area contributed by atoms with E-state index in [1.165, 1.54) is 0 Å². The number of ether oxygens (including phenoxy) is 1. The van der Waals surface area contributed by atoms with E-state index in [2.05, 4.69) is 16.0 Å². The molecule has 7 nitrogen and oxygen atoms in total. The van der Waals surface area contributed by atoms with E-state index in [9.17, 15) is 9.59 Å². The number of halogens is 1. The minimum Gasteiger partial charge on any atom is -0.364 e. The van der Waals surface area contributed by atoms with Gasteiger partial charge < -0.3 is 26.4 Å². The molecular formula is C20H25ClN4O3. The first-order valence-corrected chi connectivity index (χ1v) is 8.95. The van der Waals surface area contributed by atoms with Gasteiger partial charge in [-0.1, -0.05) is 24.3 Å². The molecular weight excluding hydrogens is 380 g/mol. The number of urea groups is 1. The topological polar surface area (TPSA) is 105 Å². The molecule has 0 bridgehead atoms. The molecule has 2 aromatic carbocycles. The minimum atomic E-state index is -0.490. The Kier molecular flexibility index (Phi) is 7.80. The normalized spacial score (nSPS) is 18.1. The number of hydrogen-bond donors (Lipinski definition) is 4. The molecule has 1 heterocycles. The van der Waals surface area contributed by atoms with Crippen molar-refractivity contribution in [2.75, 3.05) is 22.5 Å². The van der Waals surface area contributed by atoms with Crippen LogP contribution in [0.2, 0.25) is 0 Å². The van der Waals surface area contributed by atoms with Crippen LogP contribution in [0.25, 0.3) is 0 Å². The van der Waals surface area contributed by atoms with Crippen LogP contribution in [0.1, 0.15) is 18.4 Å². The van der Waals surface area contributed by atoms with Crippen molar-refractivity contribution in [2.45, 2.75) is 32.0 Å². The smallest absolute Gasteiger partial charge is 0.323 e. The maximum atomic E-state index is 12.4. The van der Waals surface area contributed by atoms with Crippen LogP contribution in [0.3, 0.4) is 0 Å². The zero-order valence-electron chi connectivity index (χ0n) is 15.6. The van der Waals surface area contributed by atoms with Gasteiger partial charge in [0.15, 0.2) is 0 Å². The summed E-state index contributed by atoms with van der Waals surface area (Å²) in [7, 11) is 0. The maximum absolute atomic E-state index is 12.4. The molecule has 0 spiro atoms. The fourth-order valence-corrected chi connectivity index (χ4v) is 2.93. The lowest BCUT2D eigenvalue weighted by molar-refractivity contribution is -0.126. The van der Waals surface area contributed by atoms with Crippen LogP contribution in [0, 0.1) is 6.92 Å². The summed E-state index contributed by atoms with van der Waals surface area (Å²) in [5, 5.41) is 8.40. The first-order chi connectivity index (χ1) is 13.0. The summed E-state index contributed by atoms with van der Waals surface area (Å²) in [6.45, 7) is 2.31. The molecule has 5 N–H and O–H groups in total. The van der Waals surface area contributed by atoms with Crippen LogP contribution in [0.15, 0.2) is 48.5 Å². The van der Waals surface area contributed by atoms with Crippen molar-refractivity contribution in [2.24, 2.45) is 5.73 Å². The largest absolute Gasteiger partial charge is 0.364 e. The van der Waals surface area contributed by atoms with E-state index >= 15 is 0 Å². The Morgan fingerprint density at radius 3 is 2.43 bits per heavy atom. The number of carbonyl (C=O) groups is 2. The van der Waals surface area contributed by atoms with Crippen molar-refractivity contribution in [3.63, 3.8) is 0 Å². The highest BCUT2D eigenvalue weighted by atomic mass is 35.5. The number of nitrogens with one attached hydrogen (secondary N) is 3. The Bertz CT molecular complexity index is 816. The highest BCUT2D eigenvalue weighted by Crippen LogP contribution is 2.24. The summed E-state index contributed by atoms with van der Waals surface area (Å²) in [5.41, 5.74) is 8.40.